The third kappa shape index (κ3) is 4.69. The lowest BCUT2D eigenvalue weighted by atomic mass is 10.2. The minimum Gasteiger partial charge on any atom is -0.494 e. The van der Waals surface area contributed by atoms with Gasteiger partial charge in [-0.2, -0.15) is 0 Å². The van der Waals surface area contributed by atoms with Gasteiger partial charge in [0.25, 0.3) is 0 Å². The summed E-state index contributed by atoms with van der Waals surface area (Å²) in [6, 6.07) is 9.33. The van der Waals surface area contributed by atoms with E-state index in [-0.39, 0.29) is 5.97 Å². The molecule has 1 heterocycles. The fourth-order valence-corrected chi connectivity index (χ4v) is 3.31. The van der Waals surface area contributed by atoms with Crippen LogP contribution in [0.5, 0.6) is 5.75 Å². The maximum Gasteiger partial charge on any atom is 0.340 e. The first-order chi connectivity index (χ1) is 11.6. The van der Waals surface area contributed by atoms with Gasteiger partial charge < -0.3 is 20.1 Å². The van der Waals surface area contributed by atoms with Crippen LogP contribution in [0.4, 0.5) is 10.7 Å². The molecule has 0 fully saturated rings. The van der Waals surface area contributed by atoms with Crippen molar-refractivity contribution in [1.29, 1.82) is 0 Å². The lowest BCUT2D eigenvalue weighted by Crippen LogP contribution is -2.19. The fraction of sp³-hybridized carbons (Fsp3) is 0.294. The standard InChI is InChI=1S/C17H20N2O3S2/c1-4-13-10-14(16(20)21-3)15(24-13)19-17(23)18-11-6-8-12(9-7-11)22-5-2/h6-10H,4-5H2,1-3H3,(H2,18,19,23). The van der Waals surface area contributed by atoms with Crippen LogP contribution in [0.25, 0.3) is 0 Å². The normalized spacial score (nSPS) is 10.1. The van der Waals surface area contributed by atoms with Crippen LogP contribution in [-0.2, 0) is 11.2 Å². The van der Waals surface area contributed by atoms with Crippen LogP contribution in [0.2, 0.25) is 0 Å². The third-order valence-corrected chi connectivity index (χ3v) is 4.59. The first kappa shape index (κ1) is 18.2. The second-order valence-corrected chi connectivity index (χ2v) is 6.38. The number of esters is 1. The number of thiophene rings is 1. The predicted molar refractivity (Wildman–Crippen MR) is 102 cm³/mol. The van der Waals surface area contributed by atoms with Gasteiger partial charge in [-0.15, -0.1) is 11.3 Å². The highest BCUT2D eigenvalue weighted by atomic mass is 32.1. The molecule has 0 atom stereocenters. The molecule has 2 rings (SSSR count). The van der Waals surface area contributed by atoms with E-state index in [2.05, 4.69) is 10.6 Å². The Morgan fingerprint density at radius 2 is 1.92 bits per heavy atom. The van der Waals surface area contributed by atoms with Gasteiger partial charge in [0.05, 0.1) is 19.3 Å². The Morgan fingerprint density at radius 3 is 2.50 bits per heavy atom. The zero-order valence-corrected chi connectivity index (χ0v) is 15.5. The van der Waals surface area contributed by atoms with Gasteiger partial charge in [0, 0.05) is 10.6 Å². The Hall–Kier alpha value is -2.12. The lowest BCUT2D eigenvalue weighted by Gasteiger charge is -2.11. The quantitative estimate of drug-likeness (QED) is 0.588. The van der Waals surface area contributed by atoms with Crippen molar-refractivity contribution in [2.24, 2.45) is 0 Å². The van der Waals surface area contributed by atoms with E-state index in [1.165, 1.54) is 18.4 Å². The molecule has 1 aromatic heterocycles. The van der Waals surface area contributed by atoms with Crippen molar-refractivity contribution in [3.63, 3.8) is 0 Å². The van der Waals surface area contributed by atoms with Crippen LogP contribution in [0.15, 0.2) is 30.3 Å². The minimum absolute atomic E-state index is 0.377. The summed E-state index contributed by atoms with van der Waals surface area (Å²) in [5.41, 5.74) is 1.33. The van der Waals surface area contributed by atoms with E-state index >= 15 is 0 Å². The number of methoxy groups -OCH3 is 1. The van der Waals surface area contributed by atoms with Gasteiger partial charge in [0.2, 0.25) is 0 Å². The summed E-state index contributed by atoms with van der Waals surface area (Å²) in [7, 11) is 1.37. The monoisotopic (exact) mass is 364 g/mol. The number of carbonyl (C=O) groups excluding carboxylic acids is 1. The first-order valence-electron chi connectivity index (χ1n) is 7.59. The zero-order valence-electron chi connectivity index (χ0n) is 13.8. The Morgan fingerprint density at radius 1 is 1.21 bits per heavy atom. The van der Waals surface area contributed by atoms with Crippen LogP contribution in [0.3, 0.4) is 0 Å². The molecule has 0 saturated heterocycles. The average molecular weight is 364 g/mol. The summed E-state index contributed by atoms with van der Waals surface area (Å²) >= 11 is 6.82. The van der Waals surface area contributed by atoms with Gasteiger partial charge >= 0.3 is 5.97 Å². The third-order valence-electron chi connectivity index (χ3n) is 3.19. The molecule has 5 nitrogen and oxygen atoms in total. The molecule has 0 unspecified atom stereocenters. The van der Waals surface area contributed by atoms with Gasteiger partial charge in [-0.25, -0.2) is 4.79 Å². The van der Waals surface area contributed by atoms with E-state index in [1.54, 1.807) is 0 Å². The highest BCUT2D eigenvalue weighted by Crippen LogP contribution is 2.29. The summed E-state index contributed by atoms with van der Waals surface area (Å²) in [5.74, 6) is 0.429. The van der Waals surface area contributed by atoms with E-state index in [0.717, 1.165) is 22.7 Å². The molecule has 0 aliphatic carbocycles. The predicted octanol–water partition coefficient (Wildman–Crippen LogP) is 4.30. The van der Waals surface area contributed by atoms with Gasteiger partial charge in [-0.1, -0.05) is 6.92 Å². The largest absolute Gasteiger partial charge is 0.494 e. The SMILES string of the molecule is CCOc1ccc(NC(=S)Nc2sc(CC)cc2C(=O)OC)cc1. The zero-order chi connectivity index (χ0) is 17.5. The van der Waals surface area contributed by atoms with Gasteiger partial charge in [0.15, 0.2) is 5.11 Å². The highest BCUT2D eigenvalue weighted by molar-refractivity contribution is 7.80. The molecular weight excluding hydrogens is 344 g/mol. The van der Waals surface area contributed by atoms with E-state index in [4.69, 9.17) is 21.7 Å². The van der Waals surface area contributed by atoms with Crippen LogP contribution in [0.1, 0.15) is 29.1 Å². The molecule has 0 saturated carbocycles. The van der Waals surface area contributed by atoms with Gasteiger partial charge in [-0.05, 0) is 55.9 Å². The molecule has 0 aliphatic rings. The van der Waals surface area contributed by atoms with Crippen molar-refractivity contribution in [1.82, 2.24) is 0 Å². The smallest absolute Gasteiger partial charge is 0.340 e. The number of hydrogen-bond donors (Lipinski definition) is 2. The molecule has 128 valence electrons. The van der Waals surface area contributed by atoms with Crippen LogP contribution < -0.4 is 15.4 Å². The maximum atomic E-state index is 11.9. The molecule has 7 heteroatoms. The molecule has 0 radical (unpaired) electrons. The number of rotatable bonds is 6. The topological polar surface area (TPSA) is 59.6 Å². The molecule has 0 amide bonds. The van der Waals surface area contributed by atoms with Gasteiger partial charge in [-0.3, -0.25) is 0 Å². The van der Waals surface area contributed by atoms with Crippen molar-refractivity contribution in [3.8, 4) is 5.75 Å². The number of anilines is 2. The second kappa shape index (κ2) is 8.65. The summed E-state index contributed by atoms with van der Waals surface area (Å²) < 4.78 is 10.2. The van der Waals surface area contributed by atoms with Crippen molar-refractivity contribution >= 4 is 45.3 Å². The summed E-state index contributed by atoms with van der Waals surface area (Å²) in [4.78, 5) is 13.0. The number of benzene rings is 1. The van der Waals surface area contributed by atoms with E-state index in [0.29, 0.717) is 22.3 Å². The summed E-state index contributed by atoms with van der Waals surface area (Å²) in [6.45, 7) is 4.60. The van der Waals surface area contributed by atoms with E-state index in [1.807, 2.05) is 44.2 Å². The van der Waals surface area contributed by atoms with Crippen LogP contribution in [-0.4, -0.2) is 24.8 Å². The fourth-order valence-electron chi connectivity index (χ4n) is 2.04. The number of ether oxygens (including phenoxy) is 2. The summed E-state index contributed by atoms with van der Waals surface area (Å²) in [5, 5.41) is 7.26. The number of carbonyl (C=O) groups is 1. The van der Waals surface area contributed by atoms with Crippen molar-refractivity contribution < 1.29 is 14.3 Å². The van der Waals surface area contributed by atoms with E-state index < -0.39 is 0 Å². The lowest BCUT2D eigenvalue weighted by molar-refractivity contribution is 0.0602. The summed E-state index contributed by atoms with van der Waals surface area (Å²) in [6.07, 6.45) is 0.843. The Balaban J connectivity index is 2.06. The van der Waals surface area contributed by atoms with E-state index in [9.17, 15) is 4.79 Å². The van der Waals surface area contributed by atoms with Crippen LogP contribution in [0, 0.1) is 0 Å². The molecule has 1 aromatic carbocycles. The maximum absolute atomic E-state index is 11.9. The number of nitrogens with one attached hydrogen (secondary N) is 2. The number of thiocarbonyl (C=S) groups is 1. The molecule has 24 heavy (non-hydrogen) atoms. The second-order valence-electron chi connectivity index (χ2n) is 4.84. The molecule has 2 N–H and O–H groups in total. The van der Waals surface area contributed by atoms with Crippen molar-refractivity contribution in [2.45, 2.75) is 20.3 Å². The first-order valence-corrected chi connectivity index (χ1v) is 8.81. The highest BCUT2D eigenvalue weighted by Gasteiger charge is 2.17. The molecule has 0 bridgehead atoms. The number of aryl methyl sites for hydroxylation is 1. The van der Waals surface area contributed by atoms with Crippen molar-refractivity contribution in [3.05, 3.63) is 40.8 Å². The van der Waals surface area contributed by atoms with Crippen LogP contribution >= 0.6 is 23.6 Å². The minimum atomic E-state index is -0.377. The number of hydrogen-bond acceptors (Lipinski definition) is 5. The van der Waals surface area contributed by atoms with Crippen molar-refractivity contribution in [2.75, 3.05) is 24.4 Å². The van der Waals surface area contributed by atoms with Gasteiger partial charge in [0.1, 0.15) is 10.8 Å². The molecule has 0 spiro atoms. The Bertz CT molecular complexity index is 711. The average Bonchev–Trinajstić information content (AvgIpc) is 2.99. The molecule has 0 aliphatic heterocycles. The Labute approximate surface area is 151 Å². The molecular formula is C17H20N2O3S2. The Kier molecular flexibility index (Phi) is 6.57. The molecule has 2 aromatic rings.